The monoisotopic (exact) mass is 263 g/mol. The second-order valence-corrected chi connectivity index (χ2v) is 5.68. The zero-order valence-electron chi connectivity index (χ0n) is 9.73. The molecule has 0 aliphatic heterocycles. The van der Waals surface area contributed by atoms with Gasteiger partial charge in [-0.3, -0.25) is 14.9 Å². The second-order valence-electron chi connectivity index (χ2n) is 3.93. The van der Waals surface area contributed by atoms with Gasteiger partial charge in [0, 0.05) is 16.9 Å². The number of nitrogens with two attached hydrogens (primary N) is 2. The number of amides is 3. The lowest BCUT2D eigenvalue weighted by atomic mass is 10.1. The van der Waals surface area contributed by atoms with Crippen LogP contribution in [0.2, 0.25) is 0 Å². The number of rotatable bonds is 6. The molecule has 0 aliphatic carbocycles. The van der Waals surface area contributed by atoms with E-state index in [9.17, 15) is 14.4 Å². The molecule has 0 aliphatic rings. The topological polar surface area (TPSA) is 136 Å². The molecule has 0 bridgehead atoms. The third-order valence-electron chi connectivity index (χ3n) is 2.08. The molecule has 1 atom stereocenters. The van der Waals surface area contributed by atoms with Gasteiger partial charge in [0.2, 0.25) is 5.91 Å². The van der Waals surface area contributed by atoms with E-state index in [2.05, 4.69) is 0 Å². The van der Waals surface area contributed by atoms with Crippen molar-refractivity contribution in [2.75, 3.05) is 5.75 Å². The Morgan fingerprint density at radius 3 is 2.35 bits per heavy atom. The molecule has 0 saturated heterocycles. The molecule has 98 valence electrons. The van der Waals surface area contributed by atoms with Gasteiger partial charge in [0.25, 0.3) is 0 Å². The average Bonchev–Trinajstić information content (AvgIpc) is 2.14. The highest BCUT2D eigenvalue weighted by Gasteiger charge is 2.32. The number of hydrogen-bond donors (Lipinski definition) is 4. The lowest BCUT2D eigenvalue weighted by Gasteiger charge is -2.27. The van der Waals surface area contributed by atoms with Crippen LogP contribution in [-0.4, -0.2) is 39.6 Å². The Kier molecular flexibility index (Phi) is 5.97. The predicted octanol–water partition coefficient (Wildman–Crippen LogP) is -0.505. The lowest BCUT2D eigenvalue weighted by Crippen LogP contribution is -2.47. The molecule has 0 fully saturated rings. The Bertz CT molecular complexity index is 319. The van der Waals surface area contributed by atoms with Gasteiger partial charge in [-0.15, -0.1) is 0 Å². The molecule has 8 heteroatoms. The maximum atomic E-state index is 11.1. The van der Waals surface area contributed by atoms with Gasteiger partial charge in [-0.05, 0) is 13.8 Å². The molecular weight excluding hydrogens is 246 g/mol. The number of thioether (sulfide) groups is 1. The Morgan fingerprint density at radius 1 is 1.41 bits per heavy atom. The summed E-state index contributed by atoms with van der Waals surface area (Å²) in [5.41, 5.74) is 10.3. The minimum Gasteiger partial charge on any atom is -0.480 e. The van der Waals surface area contributed by atoms with Crippen molar-refractivity contribution in [3.8, 4) is 0 Å². The van der Waals surface area contributed by atoms with Crippen molar-refractivity contribution in [2.45, 2.75) is 31.1 Å². The summed E-state index contributed by atoms with van der Waals surface area (Å²) >= 11 is 1.25. The molecule has 0 unspecified atom stereocenters. The highest BCUT2D eigenvalue weighted by Crippen LogP contribution is 2.27. The molecule has 3 amide bonds. The smallest absolute Gasteiger partial charge is 0.321 e. The zero-order chi connectivity index (χ0) is 13.6. The summed E-state index contributed by atoms with van der Waals surface area (Å²) in [4.78, 5) is 32.1. The van der Waals surface area contributed by atoms with Crippen LogP contribution in [-0.2, 0) is 9.59 Å². The van der Waals surface area contributed by atoms with Crippen molar-refractivity contribution in [2.24, 2.45) is 11.5 Å². The van der Waals surface area contributed by atoms with Crippen LogP contribution in [0.1, 0.15) is 20.3 Å². The fourth-order valence-electron chi connectivity index (χ4n) is 0.994. The minimum atomic E-state index is -1.09. The molecule has 6 N–H and O–H groups in total. The van der Waals surface area contributed by atoms with Gasteiger partial charge in [-0.1, -0.05) is 0 Å². The third-order valence-corrected chi connectivity index (χ3v) is 3.49. The first kappa shape index (κ1) is 15.7. The summed E-state index contributed by atoms with van der Waals surface area (Å²) < 4.78 is -0.696. The van der Waals surface area contributed by atoms with Gasteiger partial charge in [-0.25, -0.2) is 4.79 Å². The number of hydrogen-bond acceptors (Lipinski definition) is 5. The van der Waals surface area contributed by atoms with Crippen molar-refractivity contribution >= 4 is 29.7 Å². The van der Waals surface area contributed by atoms with Crippen molar-refractivity contribution in [3.05, 3.63) is 0 Å². The number of imide groups is 1. The molecule has 0 heterocycles. The van der Waals surface area contributed by atoms with Crippen molar-refractivity contribution < 1.29 is 19.5 Å². The molecule has 0 aromatic carbocycles. The fraction of sp³-hybridized carbons (Fsp3) is 0.667. The van der Waals surface area contributed by atoms with Crippen LogP contribution >= 0.6 is 11.8 Å². The number of carbonyl (C=O) groups is 3. The molecular formula is C9H17N3O4S. The van der Waals surface area contributed by atoms with Crippen LogP contribution in [0.15, 0.2) is 0 Å². The van der Waals surface area contributed by atoms with Crippen molar-refractivity contribution in [3.63, 3.8) is 0 Å². The van der Waals surface area contributed by atoms with E-state index in [0.29, 0.717) is 5.75 Å². The van der Waals surface area contributed by atoms with Gasteiger partial charge >= 0.3 is 12.0 Å². The summed E-state index contributed by atoms with van der Waals surface area (Å²) in [5, 5.41) is 10.7. The number of carbonyl (C=O) groups excluding carboxylic acids is 2. The van der Waals surface area contributed by atoms with Crippen LogP contribution in [0.25, 0.3) is 0 Å². The largest absolute Gasteiger partial charge is 0.480 e. The predicted molar refractivity (Wildman–Crippen MR) is 64.5 cm³/mol. The van der Waals surface area contributed by atoms with Crippen LogP contribution in [0.3, 0.4) is 0 Å². The van der Waals surface area contributed by atoms with E-state index in [0.717, 1.165) is 0 Å². The zero-order valence-corrected chi connectivity index (χ0v) is 10.5. The molecule has 0 rings (SSSR count). The van der Waals surface area contributed by atoms with E-state index < -0.39 is 28.7 Å². The average molecular weight is 263 g/mol. The summed E-state index contributed by atoms with van der Waals surface area (Å²) in [6, 6.07) is -1.92. The quantitative estimate of drug-likeness (QED) is 0.510. The van der Waals surface area contributed by atoms with E-state index in [1.54, 1.807) is 13.8 Å². The summed E-state index contributed by atoms with van der Waals surface area (Å²) in [5.74, 6) is -1.23. The van der Waals surface area contributed by atoms with E-state index in [1.807, 2.05) is 5.32 Å². The first-order valence-corrected chi connectivity index (χ1v) is 5.87. The molecule has 0 saturated carbocycles. The van der Waals surface area contributed by atoms with E-state index in [4.69, 9.17) is 16.6 Å². The summed E-state index contributed by atoms with van der Waals surface area (Å²) in [6.45, 7) is 3.37. The highest BCUT2D eigenvalue weighted by molar-refractivity contribution is 8.00. The van der Waals surface area contributed by atoms with Crippen LogP contribution < -0.4 is 16.8 Å². The van der Waals surface area contributed by atoms with Gasteiger partial charge in [-0.2, -0.15) is 11.8 Å². The number of carboxylic acids is 1. The highest BCUT2D eigenvalue weighted by atomic mass is 32.2. The maximum Gasteiger partial charge on any atom is 0.321 e. The second kappa shape index (κ2) is 6.45. The van der Waals surface area contributed by atoms with Gasteiger partial charge in [0.05, 0.1) is 0 Å². The first-order valence-electron chi connectivity index (χ1n) is 4.88. The van der Waals surface area contributed by atoms with Gasteiger partial charge < -0.3 is 16.6 Å². The van der Waals surface area contributed by atoms with Gasteiger partial charge in [0.1, 0.15) is 6.04 Å². The minimum absolute atomic E-state index is 0.0728. The van der Waals surface area contributed by atoms with Crippen LogP contribution in [0.4, 0.5) is 4.79 Å². The molecule has 7 nitrogen and oxygen atoms in total. The van der Waals surface area contributed by atoms with E-state index in [-0.39, 0.29) is 6.42 Å². The Morgan fingerprint density at radius 2 is 1.94 bits per heavy atom. The van der Waals surface area contributed by atoms with Crippen LogP contribution in [0.5, 0.6) is 0 Å². The van der Waals surface area contributed by atoms with E-state index in [1.165, 1.54) is 11.8 Å². The SMILES string of the molecule is CC(C)(SCCC(=O)NC(N)=O)[C@@H](N)C(=O)O. The standard InChI is InChI=1S/C9H17N3O4S/c1-9(2,6(10)7(14)15)17-4-3-5(13)12-8(11)16/h6H,3-4,10H2,1-2H3,(H,14,15)(H3,11,12,13,16)/t6-/m0/s1. The summed E-state index contributed by atoms with van der Waals surface area (Å²) in [6.07, 6.45) is 0.0728. The van der Waals surface area contributed by atoms with Crippen molar-refractivity contribution in [1.82, 2.24) is 5.32 Å². The molecule has 17 heavy (non-hydrogen) atoms. The van der Waals surface area contributed by atoms with Crippen LogP contribution in [0, 0.1) is 0 Å². The molecule has 0 aromatic heterocycles. The third kappa shape index (κ3) is 6.12. The lowest BCUT2D eigenvalue weighted by molar-refractivity contribution is -0.139. The number of aliphatic carboxylic acids is 1. The molecule has 0 radical (unpaired) electrons. The first-order chi connectivity index (χ1) is 7.66. The van der Waals surface area contributed by atoms with Gasteiger partial charge in [0.15, 0.2) is 0 Å². The Labute approximate surface area is 103 Å². The summed E-state index contributed by atoms with van der Waals surface area (Å²) in [7, 11) is 0. The molecule has 0 aromatic rings. The number of nitrogens with one attached hydrogen (secondary N) is 1. The van der Waals surface area contributed by atoms with E-state index >= 15 is 0 Å². The normalized spacial score (nSPS) is 12.9. The Balaban J connectivity index is 4.07. The maximum absolute atomic E-state index is 11.1. The number of carboxylic acid groups (broad SMARTS) is 1. The fourth-order valence-corrected chi connectivity index (χ4v) is 2.09. The van der Waals surface area contributed by atoms with Crippen molar-refractivity contribution in [1.29, 1.82) is 0 Å². The molecule has 0 spiro atoms. The number of urea groups is 1. The Hall–Kier alpha value is -1.28. The number of primary amides is 1.